The second kappa shape index (κ2) is 3.62. The summed E-state index contributed by atoms with van der Waals surface area (Å²) in [6.07, 6.45) is 3.59. The van der Waals surface area contributed by atoms with Gasteiger partial charge in [0.05, 0.1) is 21.8 Å². The highest BCUT2D eigenvalue weighted by Crippen LogP contribution is 2.16. The van der Waals surface area contributed by atoms with E-state index in [9.17, 15) is 0 Å². The Labute approximate surface area is 92.9 Å². The van der Waals surface area contributed by atoms with Crippen LogP contribution in [0.1, 0.15) is 4.88 Å². The van der Waals surface area contributed by atoms with Gasteiger partial charge in [-0.25, -0.2) is 4.68 Å². The number of thiazole rings is 1. The molecular weight excluding hydrogens is 299 g/mol. The standard InChI is InChI=1S/C7H7IN4S/c8-6-2-11-12(7(6)9)3-5-1-10-4-13-5/h1-2,4H,3,9H2. The maximum Gasteiger partial charge on any atom is 0.135 e. The SMILES string of the molecule is Nc1c(I)cnn1Cc1cncs1. The molecule has 6 heteroatoms. The Kier molecular flexibility index (Phi) is 2.49. The average Bonchev–Trinajstić information content (AvgIpc) is 2.71. The smallest absolute Gasteiger partial charge is 0.135 e. The maximum absolute atomic E-state index is 5.80. The second-order valence-electron chi connectivity index (χ2n) is 2.50. The van der Waals surface area contributed by atoms with Crippen LogP contribution in [0, 0.1) is 3.57 Å². The summed E-state index contributed by atoms with van der Waals surface area (Å²) < 4.78 is 2.76. The summed E-state index contributed by atoms with van der Waals surface area (Å²) in [7, 11) is 0. The van der Waals surface area contributed by atoms with Gasteiger partial charge in [-0.15, -0.1) is 11.3 Å². The molecule has 0 saturated carbocycles. The van der Waals surface area contributed by atoms with Crippen LogP contribution in [-0.2, 0) is 6.54 Å². The third-order valence-electron chi connectivity index (χ3n) is 1.62. The fraction of sp³-hybridized carbons (Fsp3) is 0.143. The van der Waals surface area contributed by atoms with E-state index in [1.165, 1.54) is 0 Å². The number of nitrogens with two attached hydrogens (primary N) is 1. The second-order valence-corrected chi connectivity index (χ2v) is 4.64. The quantitative estimate of drug-likeness (QED) is 0.857. The molecule has 0 aliphatic heterocycles. The molecule has 0 aromatic carbocycles. The van der Waals surface area contributed by atoms with Crippen LogP contribution in [0.25, 0.3) is 0 Å². The lowest BCUT2D eigenvalue weighted by atomic mass is 10.5. The van der Waals surface area contributed by atoms with Gasteiger partial charge in [0.1, 0.15) is 5.82 Å². The number of rotatable bonds is 2. The van der Waals surface area contributed by atoms with Gasteiger partial charge < -0.3 is 5.73 Å². The van der Waals surface area contributed by atoms with E-state index in [1.54, 1.807) is 27.7 Å². The van der Waals surface area contributed by atoms with Crippen molar-refractivity contribution < 1.29 is 0 Å². The third-order valence-corrected chi connectivity index (χ3v) is 3.22. The van der Waals surface area contributed by atoms with Crippen molar-refractivity contribution in [2.75, 3.05) is 5.73 Å². The predicted octanol–water partition coefficient (Wildman–Crippen LogP) is 1.57. The van der Waals surface area contributed by atoms with Crippen LogP contribution in [0.15, 0.2) is 17.9 Å². The third kappa shape index (κ3) is 1.83. The van der Waals surface area contributed by atoms with Gasteiger partial charge in [0.2, 0.25) is 0 Å². The van der Waals surface area contributed by atoms with Crippen LogP contribution in [0.5, 0.6) is 0 Å². The average molecular weight is 306 g/mol. The van der Waals surface area contributed by atoms with E-state index < -0.39 is 0 Å². The Morgan fingerprint density at radius 2 is 2.38 bits per heavy atom. The van der Waals surface area contributed by atoms with E-state index in [0.717, 1.165) is 8.45 Å². The highest BCUT2D eigenvalue weighted by molar-refractivity contribution is 14.1. The van der Waals surface area contributed by atoms with Gasteiger partial charge in [-0.2, -0.15) is 5.10 Å². The largest absolute Gasteiger partial charge is 0.383 e. The molecule has 13 heavy (non-hydrogen) atoms. The molecule has 0 aliphatic carbocycles. The van der Waals surface area contributed by atoms with E-state index in [1.807, 2.05) is 6.20 Å². The van der Waals surface area contributed by atoms with Crippen LogP contribution in [0.3, 0.4) is 0 Å². The summed E-state index contributed by atoms with van der Waals surface area (Å²) in [5, 5.41) is 4.15. The van der Waals surface area contributed by atoms with Crippen LogP contribution < -0.4 is 5.73 Å². The molecule has 68 valence electrons. The van der Waals surface area contributed by atoms with Crippen molar-refractivity contribution in [2.24, 2.45) is 0 Å². The van der Waals surface area contributed by atoms with Crippen LogP contribution in [0.4, 0.5) is 5.82 Å². The van der Waals surface area contributed by atoms with E-state index >= 15 is 0 Å². The predicted molar refractivity (Wildman–Crippen MR) is 60.6 cm³/mol. The molecule has 0 amide bonds. The number of aromatic nitrogens is 3. The number of nitrogens with zero attached hydrogens (tertiary/aromatic N) is 3. The molecule has 2 aromatic heterocycles. The molecule has 0 saturated heterocycles. The molecular formula is C7H7IN4S. The van der Waals surface area contributed by atoms with Crippen LogP contribution >= 0.6 is 33.9 Å². The number of halogens is 1. The zero-order valence-corrected chi connectivity index (χ0v) is 9.62. The Bertz CT molecular complexity index is 395. The molecule has 0 bridgehead atoms. The number of hydrogen-bond donors (Lipinski definition) is 1. The summed E-state index contributed by atoms with van der Waals surface area (Å²) in [6, 6.07) is 0. The lowest BCUT2D eigenvalue weighted by Crippen LogP contribution is -2.04. The summed E-state index contributed by atoms with van der Waals surface area (Å²) >= 11 is 3.77. The van der Waals surface area contributed by atoms with Gasteiger partial charge in [-0.3, -0.25) is 4.98 Å². The zero-order valence-electron chi connectivity index (χ0n) is 6.64. The van der Waals surface area contributed by atoms with Gasteiger partial charge >= 0.3 is 0 Å². The van der Waals surface area contributed by atoms with E-state index in [0.29, 0.717) is 12.4 Å². The molecule has 0 radical (unpaired) electrons. The minimum Gasteiger partial charge on any atom is -0.383 e. The highest BCUT2D eigenvalue weighted by Gasteiger charge is 2.05. The minimum absolute atomic E-state index is 0.708. The summed E-state index contributed by atoms with van der Waals surface area (Å²) in [5.41, 5.74) is 7.60. The molecule has 2 rings (SSSR count). The maximum atomic E-state index is 5.80. The lowest BCUT2D eigenvalue weighted by Gasteiger charge is -2.00. The van der Waals surface area contributed by atoms with Gasteiger partial charge in [-0.05, 0) is 22.6 Å². The number of nitrogen functional groups attached to an aromatic ring is 1. The number of anilines is 1. The van der Waals surface area contributed by atoms with Crippen molar-refractivity contribution in [1.29, 1.82) is 0 Å². The monoisotopic (exact) mass is 306 g/mol. The van der Waals surface area contributed by atoms with Crippen LogP contribution in [-0.4, -0.2) is 14.8 Å². The first-order chi connectivity index (χ1) is 6.27. The van der Waals surface area contributed by atoms with Crippen molar-refractivity contribution in [3.63, 3.8) is 0 Å². The first kappa shape index (κ1) is 8.95. The molecule has 0 unspecified atom stereocenters. The van der Waals surface area contributed by atoms with Crippen LogP contribution in [0.2, 0.25) is 0 Å². The fourth-order valence-electron chi connectivity index (χ4n) is 0.966. The molecule has 0 atom stereocenters. The summed E-state index contributed by atoms with van der Waals surface area (Å²) in [4.78, 5) is 5.15. The van der Waals surface area contributed by atoms with Gasteiger partial charge in [0.15, 0.2) is 0 Å². The zero-order chi connectivity index (χ0) is 9.26. The van der Waals surface area contributed by atoms with Crippen molar-refractivity contribution in [3.8, 4) is 0 Å². The van der Waals surface area contributed by atoms with Gasteiger partial charge in [0, 0.05) is 11.1 Å². The summed E-state index contributed by atoms with van der Waals surface area (Å²) in [6.45, 7) is 0.708. The topological polar surface area (TPSA) is 56.7 Å². The number of hydrogen-bond acceptors (Lipinski definition) is 4. The molecule has 2 aromatic rings. The lowest BCUT2D eigenvalue weighted by molar-refractivity contribution is 0.704. The van der Waals surface area contributed by atoms with Gasteiger partial charge in [-0.1, -0.05) is 0 Å². The van der Waals surface area contributed by atoms with E-state index in [4.69, 9.17) is 5.73 Å². The molecule has 2 N–H and O–H groups in total. The Balaban J connectivity index is 2.24. The Hall–Kier alpha value is -0.630. The molecule has 4 nitrogen and oxygen atoms in total. The van der Waals surface area contributed by atoms with Gasteiger partial charge in [0.25, 0.3) is 0 Å². The first-order valence-electron chi connectivity index (χ1n) is 3.61. The molecule has 0 aliphatic rings. The Morgan fingerprint density at radius 1 is 1.54 bits per heavy atom. The minimum atomic E-state index is 0.708. The molecule has 2 heterocycles. The molecule has 0 spiro atoms. The highest BCUT2D eigenvalue weighted by atomic mass is 127. The fourth-order valence-corrected chi connectivity index (χ4v) is 1.94. The van der Waals surface area contributed by atoms with Crippen molar-refractivity contribution in [2.45, 2.75) is 6.54 Å². The van der Waals surface area contributed by atoms with E-state index in [2.05, 4.69) is 32.7 Å². The normalized spacial score (nSPS) is 10.5. The van der Waals surface area contributed by atoms with E-state index in [-0.39, 0.29) is 0 Å². The van der Waals surface area contributed by atoms with Crippen molar-refractivity contribution >= 4 is 39.7 Å². The van der Waals surface area contributed by atoms with Crippen molar-refractivity contribution in [3.05, 3.63) is 26.4 Å². The Morgan fingerprint density at radius 3 is 2.92 bits per heavy atom. The first-order valence-corrected chi connectivity index (χ1v) is 5.57. The summed E-state index contributed by atoms with van der Waals surface area (Å²) in [5.74, 6) is 0.717. The van der Waals surface area contributed by atoms with Crippen molar-refractivity contribution in [1.82, 2.24) is 14.8 Å². The molecule has 0 fully saturated rings.